The number of hydrogen-bond donors (Lipinski definition) is 1. The monoisotopic (exact) mass is 627 g/mol. The standard InChI is InChI=1S/C33H33N5O6S/c1-4-35-21-23-7-13-26(30(19-23)43-3)33(37-16-5-6-29(37)31-36-15-17-44-31)27-18-22(20-34)8-14-28(27)38(32(33)39)45(40,41)25-11-9-24(42-2)10-12-25/h7-15,17-19,29,35H,4-6,16,21H2,1-3H3/t29-,33?/m0/s1. The molecule has 0 bridgehead atoms. The van der Waals surface area contributed by atoms with E-state index < -0.39 is 27.5 Å². The van der Waals surface area contributed by atoms with Crippen molar-refractivity contribution in [3.8, 4) is 17.6 Å². The van der Waals surface area contributed by atoms with Gasteiger partial charge in [-0.3, -0.25) is 9.69 Å². The van der Waals surface area contributed by atoms with Crippen molar-refractivity contribution in [3.63, 3.8) is 0 Å². The van der Waals surface area contributed by atoms with Gasteiger partial charge in [0, 0.05) is 24.2 Å². The number of nitriles is 1. The highest BCUT2D eigenvalue weighted by atomic mass is 32.2. The highest BCUT2D eigenvalue weighted by molar-refractivity contribution is 7.93. The Bertz CT molecular complexity index is 1870. The Morgan fingerprint density at radius 3 is 2.56 bits per heavy atom. The third-order valence-electron chi connectivity index (χ3n) is 8.48. The number of nitrogens with one attached hydrogen (secondary N) is 1. The second-order valence-electron chi connectivity index (χ2n) is 10.8. The van der Waals surface area contributed by atoms with E-state index in [4.69, 9.17) is 13.9 Å². The average Bonchev–Trinajstić information content (AvgIpc) is 3.82. The smallest absolute Gasteiger partial charge is 0.271 e. The molecule has 11 nitrogen and oxygen atoms in total. The van der Waals surface area contributed by atoms with Crippen LogP contribution in [-0.4, -0.2) is 51.5 Å². The number of carbonyl (C=O) groups excluding carboxylic acids is 1. The molecule has 2 atom stereocenters. The first-order chi connectivity index (χ1) is 21.8. The first-order valence-corrected chi connectivity index (χ1v) is 16.1. The number of oxazole rings is 1. The molecule has 0 spiro atoms. The van der Waals surface area contributed by atoms with Gasteiger partial charge >= 0.3 is 0 Å². The molecule has 3 aromatic carbocycles. The van der Waals surface area contributed by atoms with E-state index >= 15 is 4.79 Å². The minimum Gasteiger partial charge on any atom is -0.497 e. The molecule has 1 saturated heterocycles. The SMILES string of the molecule is CCNCc1ccc(C2(N3CCC[C@H]3c3ncco3)C(=O)N(S(=O)(=O)c3ccc(OC)cc3)c3ccc(C#N)cc32)c(OC)c1. The van der Waals surface area contributed by atoms with Crippen LogP contribution in [0.15, 0.2) is 82.4 Å². The summed E-state index contributed by atoms with van der Waals surface area (Å²) in [6, 6.07) is 17.8. The third-order valence-corrected chi connectivity index (χ3v) is 10.2. The zero-order valence-electron chi connectivity index (χ0n) is 25.2. The Morgan fingerprint density at radius 2 is 1.89 bits per heavy atom. The van der Waals surface area contributed by atoms with Crippen LogP contribution in [0.2, 0.25) is 0 Å². The van der Waals surface area contributed by atoms with Crippen molar-refractivity contribution in [1.82, 2.24) is 15.2 Å². The number of fused-ring (bicyclic) bond motifs is 1. The molecule has 45 heavy (non-hydrogen) atoms. The molecule has 4 aromatic rings. The van der Waals surface area contributed by atoms with Crippen LogP contribution in [0.5, 0.6) is 11.5 Å². The summed E-state index contributed by atoms with van der Waals surface area (Å²) in [5, 5.41) is 13.3. The average molecular weight is 628 g/mol. The fraction of sp³-hybridized carbons (Fsp3) is 0.303. The Kier molecular flexibility index (Phi) is 8.09. The van der Waals surface area contributed by atoms with Crippen LogP contribution in [-0.2, 0) is 26.9 Å². The van der Waals surface area contributed by atoms with Crippen molar-refractivity contribution >= 4 is 21.6 Å². The Labute approximate surface area is 262 Å². The number of amides is 1. The van der Waals surface area contributed by atoms with Gasteiger partial charge in [-0.25, -0.2) is 17.7 Å². The summed E-state index contributed by atoms with van der Waals surface area (Å²) in [7, 11) is -1.42. The number of sulfonamides is 1. The summed E-state index contributed by atoms with van der Waals surface area (Å²) in [6.45, 7) is 3.77. The molecule has 0 saturated carbocycles. The lowest BCUT2D eigenvalue weighted by Crippen LogP contribution is -2.54. The topological polar surface area (TPSA) is 138 Å². The second-order valence-corrected chi connectivity index (χ2v) is 12.6. The van der Waals surface area contributed by atoms with E-state index in [0.717, 1.165) is 16.4 Å². The summed E-state index contributed by atoms with van der Waals surface area (Å²) in [5.41, 5.74) is 0.477. The van der Waals surface area contributed by atoms with Crippen LogP contribution in [0, 0.1) is 11.3 Å². The summed E-state index contributed by atoms with van der Waals surface area (Å²) in [5.74, 6) is 0.591. The van der Waals surface area contributed by atoms with Crippen molar-refractivity contribution in [1.29, 1.82) is 5.26 Å². The first kappa shape index (κ1) is 30.3. The number of anilines is 1. The first-order valence-electron chi connectivity index (χ1n) is 14.6. The lowest BCUT2D eigenvalue weighted by molar-refractivity contribution is -0.127. The summed E-state index contributed by atoms with van der Waals surface area (Å²) >= 11 is 0. The molecule has 3 heterocycles. The molecular formula is C33H33N5O6S. The number of rotatable bonds is 10. The van der Waals surface area contributed by atoms with E-state index in [9.17, 15) is 13.7 Å². The van der Waals surface area contributed by atoms with Crippen molar-refractivity contribution in [2.75, 3.05) is 31.6 Å². The van der Waals surface area contributed by atoms with Gasteiger partial charge in [0.2, 0.25) is 5.89 Å². The van der Waals surface area contributed by atoms with Crippen LogP contribution in [0.25, 0.3) is 0 Å². The molecule has 1 aromatic heterocycles. The van der Waals surface area contributed by atoms with Crippen molar-refractivity contribution < 1.29 is 27.1 Å². The van der Waals surface area contributed by atoms with Gasteiger partial charge in [0.25, 0.3) is 15.9 Å². The molecule has 6 rings (SSSR count). The Hall–Kier alpha value is -4.70. The molecule has 1 N–H and O–H groups in total. The molecule has 0 aliphatic carbocycles. The summed E-state index contributed by atoms with van der Waals surface area (Å²) in [4.78, 5) is 21.6. The number of carbonyl (C=O) groups is 1. The normalized spacial score (nSPS) is 19.8. The zero-order chi connectivity index (χ0) is 31.8. The highest BCUT2D eigenvalue weighted by Gasteiger charge is 2.62. The maximum absolute atomic E-state index is 15.3. The minimum absolute atomic E-state index is 0.0821. The molecule has 12 heteroatoms. The molecule has 1 unspecified atom stereocenters. The summed E-state index contributed by atoms with van der Waals surface area (Å²) < 4.78 is 46.7. The van der Waals surface area contributed by atoms with Crippen LogP contribution in [0.4, 0.5) is 5.69 Å². The van der Waals surface area contributed by atoms with Crippen LogP contribution >= 0.6 is 0 Å². The predicted octanol–water partition coefficient (Wildman–Crippen LogP) is 4.49. The van der Waals surface area contributed by atoms with Gasteiger partial charge in [0.1, 0.15) is 17.8 Å². The fourth-order valence-electron chi connectivity index (χ4n) is 6.47. The lowest BCUT2D eigenvalue weighted by Gasteiger charge is -2.41. The molecule has 1 fully saturated rings. The number of nitrogens with zero attached hydrogens (tertiary/aromatic N) is 4. The number of ether oxygens (including phenoxy) is 2. The largest absolute Gasteiger partial charge is 0.497 e. The van der Waals surface area contributed by atoms with Crippen molar-refractivity contribution in [2.45, 2.75) is 42.8 Å². The van der Waals surface area contributed by atoms with Crippen LogP contribution in [0.1, 0.15) is 54.0 Å². The quantitative estimate of drug-likeness (QED) is 0.268. The van der Waals surface area contributed by atoms with E-state index in [1.807, 2.05) is 30.0 Å². The van der Waals surface area contributed by atoms with Gasteiger partial charge in [-0.2, -0.15) is 5.26 Å². The number of aromatic nitrogens is 1. The minimum atomic E-state index is -4.44. The van der Waals surface area contributed by atoms with Gasteiger partial charge in [-0.1, -0.05) is 19.1 Å². The van der Waals surface area contributed by atoms with Gasteiger partial charge in [0.05, 0.1) is 48.7 Å². The molecule has 0 radical (unpaired) electrons. The Morgan fingerprint density at radius 1 is 1.09 bits per heavy atom. The molecule has 232 valence electrons. The molecule has 1 amide bonds. The fourth-order valence-corrected chi connectivity index (χ4v) is 7.93. The number of likely N-dealkylation sites (tertiary alicyclic amines) is 1. The van der Waals surface area contributed by atoms with E-state index in [0.29, 0.717) is 54.4 Å². The van der Waals surface area contributed by atoms with Gasteiger partial charge in [-0.05, 0) is 73.5 Å². The van der Waals surface area contributed by atoms with E-state index in [-0.39, 0.29) is 16.1 Å². The van der Waals surface area contributed by atoms with Crippen molar-refractivity contribution in [3.05, 3.63) is 101 Å². The second kappa shape index (κ2) is 12.0. The highest BCUT2D eigenvalue weighted by Crippen LogP contribution is 2.56. The van der Waals surface area contributed by atoms with Crippen molar-refractivity contribution in [2.24, 2.45) is 0 Å². The maximum atomic E-state index is 15.3. The predicted molar refractivity (Wildman–Crippen MR) is 165 cm³/mol. The number of benzene rings is 3. The molecule has 2 aliphatic heterocycles. The zero-order valence-corrected chi connectivity index (χ0v) is 26.0. The van der Waals surface area contributed by atoms with Gasteiger partial charge < -0.3 is 19.2 Å². The van der Waals surface area contributed by atoms with E-state index in [1.54, 1.807) is 12.3 Å². The maximum Gasteiger partial charge on any atom is 0.271 e. The van der Waals surface area contributed by atoms with Crippen LogP contribution in [0.3, 0.4) is 0 Å². The van der Waals surface area contributed by atoms with Gasteiger partial charge in [-0.15, -0.1) is 0 Å². The third kappa shape index (κ3) is 4.84. The van der Waals surface area contributed by atoms with Gasteiger partial charge in [0.15, 0.2) is 5.54 Å². The van der Waals surface area contributed by atoms with Crippen LogP contribution < -0.4 is 19.1 Å². The lowest BCUT2D eigenvalue weighted by atomic mass is 9.80. The Balaban J connectivity index is 1.65. The molecule has 2 aliphatic rings. The number of hydrogen-bond acceptors (Lipinski definition) is 10. The summed E-state index contributed by atoms with van der Waals surface area (Å²) in [6.07, 6.45) is 4.34. The molecular weight excluding hydrogens is 594 g/mol. The number of methoxy groups -OCH3 is 2. The van der Waals surface area contributed by atoms with E-state index in [2.05, 4.69) is 16.4 Å². The van der Waals surface area contributed by atoms with E-state index in [1.165, 1.54) is 56.9 Å².